The van der Waals surface area contributed by atoms with E-state index >= 15 is 0 Å². The van der Waals surface area contributed by atoms with Gasteiger partial charge < -0.3 is 14.4 Å². The monoisotopic (exact) mass is 326 g/mol. The number of carbonyl (C=O) groups excluding carboxylic acids is 1. The molecule has 2 heterocycles. The van der Waals surface area contributed by atoms with Crippen molar-refractivity contribution >= 4 is 16.8 Å². The predicted molar refractivity (Wildman–Crippen MR) is 88.4 cm³/mol. The number of pyridine rings is 1. The van der Waals surface area contributed by atoms with Gasteiger partial charge in [0.2, 0.25) is 11.8 Å². The van der Waals surface area contributed by atoms with Gasteiger partial charge in [-0.2, -0.15) is 4.98 Å². The molecule has 0 saturated heterocycles. The number of benzene rings is 1. The number of nitrogens with one attached hydrogen (secondary N) is 1. The van der Waals surface area contributed by atoms with E-state index in [1.165, 1.54) is 6.07 Å². The predicted octanol–water partition coefficient (Wildman–Crippen LogP) is 1.82. The second kappa shape index (κ2) is 6.66. The van der Waals surface area contributed by atoms with Crippen LogP contribution in [0.3, 0.4) is 0 Å². The zero-order valence-corrected chi connectivity index (χ0v) is 13.5. The summed E-state index contributed by atoms with van der Waals surface area (Å²) in [5, 5.41) is 7.24. The summed E-state index contributed by atoms with van der Waals surface area (Å²) in [6.45, 7) is 3.81. The summed E-state index contributed by atoms with van der Waals surface area (Å²) in [6.07, 6.45) is 2.30. The third-order valence-electron chi connectivity index (χ3n) is 3.75. The molecule has 0 unspecified atom stereocenters. The van der Waals surface area contributed by atoms with Crippen LogP contribution >= 0.6 is 0 Å². The summed E-state index contributed by atoms with van der Waals surface area (Å²) in [5.74, 6) is 0.787. The first-order valence-electron chi connectivity index (χ1n) is 7.78. The van der Waals surface area contributed by atoms with E-state index in [-0.39, 0.29) is 23.9 Å². The number of carbonyl (C=O) groups is 1. The van der Waals surface area contributed by atoms with Gasteiger partial charge in [0.25, 0.3) is 0 Å². The van der Waals surface area contributed by atoms with Crippen molar-refractivity contribution in [2.24, 2.45) is 0 Å². The molecule has 0 radical (unpaired) electrons. The molecule has 1 atom stereocenters. The van der Waals surface area contributed by atoms with Crippen molar-refractivity contribution in [2.45, 2.75) is 32.9 Å². The molecule has 0 aliphatic rings. The molecule has 7 nitrogen and oxygen atoms in total. The molecule has 0 bridgehead atoms. The van der Waals surface area contributed by atoms with Crippen molar-refractivity contribution in [3.05, 3.63) is 58.5 Å². The lowest BCUT2D eigenvalue weighted by Gasteiger charge is -2.13. The van der Waals surface area contributed by atoms with Crippen LogP contribution in [-0.2, 0) is 17.8 Å². The highest BCUT2D eigenvalue weighted by Gasteiger charge is 2.16. The van der Waals surface area contributed by atoms with Crippen LogP contribution in [0.1, 0.15) is 31.6 Å². The quantitative estimate of drug-likeness (QED) is 0.772. The van der Waals surface area contributed by atoms with Gasteiger partial charge in [0, 0.05) is 24.1 Å². The Kier molecular flexibility index (Phi) is 4.41. The van der Waals surface area contributed by atoms with Gasteiger partial charge in [-0.05, 0) is 19.1 Å². The van der Waals surface area contributed by atoms with E-state index in [1.807, 2.05) is 19.1 Å². The van der Waals surface area contributed by atoms with Crippen molar-refractivity contribution < 1.29 is 9.32 Å². The molecule has 7 heteroatoms. The van der Waals surface area contributed by atoms with E-state index in [1.54, 1.807) is 29.8 Å². The Bertz CT molecular complexity index is 929. The topological polar surface area (TPSA) is 90.0 Å². The number of amides is 1. The highest BCUT2D eigenvalue weighted by molar-refractivity contribution is 5.82. The molecule has 24 heavy (non-hydrogen) atoms. The number of hydrogen-bond acceptors (Lipinski definition) is 5. The second-order valence-electron chi connectivity index (χ2n) is 5.52. The molecule has 1 N–H and O–H groups in total. The summed E-state index contributed by atoms with van der Waals surface area (Å²) in [4.78, 5) is 28.4. The third-order valence-corrected chi connectivity index (χ3v) is 3.75. The van der Waals surface area contributed by atoms with Gasteiger partial charge in [-0.15, -0.1) is 0 Å². The fourth-order valence-electron chi connectivity index (χ4n) is 2.49. The highest BCUT2D eigenvalue weighted by atomic mass is 16.5. The smallest absolute Gasteiger partial charge is 0.248 e. The molecule has 0 aliphatic heterocycles. The minimum atomic E-state index is -0.379. The molecular formula is C17H18N4O3. The summed E-state index contributed by atoms with van der Waals surface area (Å²) in [7, 11) is 0. The van der Waals surface area contributed by atoms with Gasteiger partial charge in [-0.25, -0.2) is 0 Å². The van der Waals surface area contributed by atoms with Gasteiger partial charge in [0.05, 0.1) is 5.52 Å². The first-order valence-corrected chi connectivity index (χ1v) is 7.78. The standard InChI is InChI=1S/C17H18N4O3/c1-3-15-19-17(24-20-15)11(2)18-16(23)10-21-9-8-14(22)12-6-4-5-7-13(12)21/h4-9,11H,3,10H2,1-2H3,(H,18,23)/t11-/m0/s1. The zero-order chi connectivity index (χ0) is 17.1. The first-order chi connectivity index (χ1) is 11.6. The van der Waals surface area contributed by atoms with Crippen LogP contribution in [0.25, 0.3) is 10.9 Å². The Morgan fingerprint density at radius 1 is 1.33 bits per heavy atom. The number of nitrogens with zero attached hydrogens (tertiary/aromatic N) is 3. The fourth-order valence-corrected chi connectivity index (χ4v) is 2.49. The normalized spacial score (nSPS) is 12.2. The van der Waals surface area contributed by atoms with E-state index in [4.69, 9.17) is 4.52 Å². The third kappa shape index (κ3) is 3.19. The number of para-hydroxylation sites is 1. The summed E-state index contributed by atoms with van der Waals surface area (Å²) < 4.78 is 6.87. The van der Waals surface area contributed by atoms with E-state index < -0.39 is 0 Å². The van der Waals surface area contributed by atoms with Crippen LogP contribution < -0.4 is 10.7 Å². The largest absolute Gasteiger partial charge is 0.343 e. The van der Waals surface area contributed by atoms with Gasteiger partial charge in [-0.1, -0.05) is 24.2 Å². The fraction of sp³-hybridized carbons (Fsp3) is 0.294. The Labute approximate surface area is 138 Å². The van der Waals surface area contributed by atoms with Crippen LogP contribution in [0.4, 0.5) is 0 Å². The molecule has 2 aromatic heterocycles. The number of fused-ring (bicyclic) bond motifs is 1. The summed E-state index contributed by atoms with van der Waals surface area (Å²) in [6, 6.07) is 8.29. The summed E-state index contributed by atoms with van der Waals surface area (Å²) >= 11 is 0. The number of rotatable bonds is 5. The SMILES string of the molecule is CCc1noc([C@H](C)NC(=O)Cn2ccc(=O)c3ccccc32)n1. The number of aryl methyl sites for hydroxylation is 1. The van der Waals surface area contributed by atoms with Crippen molar-refractivity contribution in [1.29, 1.82) is 0 Å². The van der Waals surface area contributed by atoms with Crippen LogP contribution in [-0.4, -0.2) is 20.6 Å². The molecule has 124 valence electrons. The van der Waals surface area contributed by atoms with Gasteiger partial charge in [0.15, 0.2) is 11.3 Å². The zero-order valence-electron chi connectivity index (χ0n) is 13.5. The molecule has 0 saturated carbocycles. The van der Waals surface area contributed by atoms with Gasteiger partial charge in [0.1, 0.15) is 12.6 Å². The van der Waals surface area contributed by atoms with Crippen molar-refractivity contribution in [3.63, 3.8) is 0 Å². The van der Waals surface area contributed by atoms with Gasteiger partial charge in [-0.3, -0.25) is 9.59 Å². The minimum absolute atomic E-state index is 0.0615. The maximum absolute atomic E-state index is 12.3. The second-order valence-corrected chi connectivity index (χ2v) is 5.52. The molecule has 0 spiro atoms. The molecule has 0 aliphatic carbocycles. The molecule has 1 amide bonds. The Hall–Kier alpha value is -2.96. The van der Waals surface area contributed by atoms with Crippen molar-refractivity contribution in [3.8, 4) is 0 Å². The lowest BCUT2D eigenvalue weighted by atomic mass is 10.2. The average molecular weight is 326 g/mol. The van der Waals surface area contributed by atoms with E-state index in [2.05, 4.69) is 15.5 Å². The molecule has 1 aromatic carbocycles. The van der Waals surface area contributed by atoms with Crippen molar-refractivity contribution in [1.82, 2.24) is 20.0 Å². The summed E-state index contributed by atoms with van der Waals surface area (Å²) in [5.41, 5.74) is 0.660. The Balaban J connectivity index is 1.75. The Morgan fingerprint density at radius 2 is 2.12 bits per heavy atom. The van der Waals surface area contributed by atoms with Crippen LogP contribution in [0.5, 0.6) is 0 Å². The van der Waals surface area contributed by atoms with E-state index in [0.717, 1.165) is 5.52 Å². The maximum atomic E-state index is 12.3. The number of aromatic nitrogens is 3. The van der Waals surface area contributed by atoms with Crippen LogP contribution in [0.2, 0.25) is 0 Å². The van der Waals surface area contributed by atoms with Gasteiger partial charge >= 0.3 is 0 Å². The highest BCUT2D eigenvalue weighted by Crippen LogP contribution is 2.11. The first kappa shape index (κ1) is 15.9. The lowest BCUT2D eigenvalue weighted by Crippen LogP contribution is -2.30. The van der Waals surface area contributed by atoms with E-state index in [9.17, 15) is 9.59 Å². The molecular weight excluding hydrogens is 308 g/mol. The van der Waals surface area contributed by atoms with Crippen LogP contribution in [0.15, 0.2) is 45.8 Å². The number of hydrogen-bond donors (Lipinski definition) is 1. The molecule has 0 fully saturated rings. The molecule has 3 rings (SSSR count). The van der Waals surface area contributed by atoms with E-state index in [0.29, 0.717) is 23.5 Å². The Morgan fingerprint density at radius 3 is 2.88 bits per heavy atom. The maximum Gasteiger partial charge on any atom is 0.248 e. The molecule has 3 aromatic rings. The van der Waals surface area contributed by atoms with Crippen LogP contribution in [0, 0.1) is 0 Å². The lowest BCUT2D eigenvalue weighted by molar-refractivity contribution is -0.122. The minimum Gasteiger partial charge on any atom is -0.343 e. The average Bonchev–Trinajstić information content (AvgIpc) is 3.07. The van der Waals surface area contributed by atoms with Crippen molar-refractivity contribution in [2.75, 3.05) is 0 Å².